The van der Waals surface area contributed by atoms with Crippen molar-refractivity contribution in [2.45, 2.75) is 5.41 Å². The third-order valence-corrected chi connectivity index (χ3v) is 4.48. The van der Waals surface area contributed by atoms with E-state index in [2.05, 4.69) is 0 Å². The van der Waals surface area contributed by atoms with Crippen molar-refractivity contribution < 1.29 is 9.53 Å². The quantitative estimate of drug-likeness (QED) is 0.851. The van der Waals surface area contributed by atoms with Crippen molar-refractivity contribution in [3.05, 3.63) is 59.7 Å². The monoisotopic (exact) mass is 294 g/mol. The third kappa shape index (κ3) is 1.58. The zero-order chi connectivity index (χ0) is 15.3. The van der Waals surface area contributed by atoms with Gasteiger partial charge in [0.2, 0.25) is 5.91 Å². The number of amides is 1. The molecule has 2 aliphatic heterocycles. The Morgan fingerprint density at radius 2 is 1.77 bits per heavy atom. The van der Waals surface area contributed by atoms with Crippen LogP contribution in [0.1, 0.15) is 11.1 Å². The summed E-state index contributed by atoms with van der Waals surface area (Å²) in [5.41, 5.74) is 2.32. The molecule has 0 saturated carbocycles. The Bertz CT molecular complexity index is 756. The van der Waals surface area contributed by atoms with Gasteiger partial charge < -0.3 is 4.74 Å². The molecule has 1 amide bonds. The third-order valence-electron chi connectivity index (χ3n) is 4.48. The molecule has 4 nitrogen and oxygen atoms in total. The van der Waals surface area contributed by atoms with E-state index in [1.165, 1.54) is 0 Å². The molecule has 0 fully saturated rings. The van der Waals surface area contributed by atoms with Gasteiger partial charge in [-0.15, -0.1) is 0 Å². The van der Waals surface area contributed by atoms with E-state index in [1.807, 2.05) is 72.4 Å². The standard InChI is InChI=1S/C18H18N2O2/c1-19(2)12-20-15-9-5-3-7-13(15)18(17(20)21)11-22-16-10-6-4-8-14(16)18/h3-10H,11-12H2,1-2H3. The topological polar surface area (TPSA) is 32.8 Å². The van der Waals surface area contributed by atoms with Crippen LogP contribution in [0.25, 0.3) is 0 Å². The molecule has 0 radical (unpaired) electrons. The summed E-state index contributed by atoms with van der Waals surface area (Å²) in [6.07, 6.45) is 0. The van der Waals surface area contributed by atoms with Gasteiger partial charge in [0.1, 0.15) is 17.8 Å². The lowest BCUT2D eigenvalue weighted by Gasteiger charge is -2.25. The first kappa shape index (κ1) is 13.3. The summed E-state index contributed by atoms with van der Waals surface area (Å²) in [5.74, 6) is 0.921. The molecule has 0 bridgehead atoms. The second-order valence-corrected chi connectivity index (χ2v) is 6.16. The number of ether oxygens (including phenoxy) is 1. The molecule has 0 aliphatic carbocycles. The Kier molecular flexibility index (Phi) is 2.78. The zero-order valence-electron chi connectivity index (χ0n) is 12.7. The molecule has 4 heteroatoms. The van der Waals surface area contributed by atoms with Crippen LogP contribution in [0, 0.1) is 0 Å². The van der Waals surface area contributed by atoms with Crippen LogP contribution in [0.5, 0.6) is 5.75 Å². The number of hydrogen-bond acceptors (Lipinski definition) is 3. The molecule has 2 aromatic carbocycles. The van der Waals surface area contributed by atoms with Crippen LogP contribution in [0.2, 0.25) is 0 Å². The van der Waals surface area contributed by atoms with E-state index in [-0.39, 0.29) is 5.91 Å². The molecule has 2 aliphatic rings. The van der Waals surface area contributed by atoms with Crippen LogP contribution in [0.15, 0.2) is 48.5 Å². The number of rotatable bonds is 2. The molecule has 1 atom stereocenters. The molecule has 1 unspecified atom stereocenters. The maximum absolute atomic E-state index is 13.3. The first-order chi connectivity index (χ1) is 10.6. The van der Waals surface area contributed by atoms with E-state index < -0.39 is 5.41 Å². The first-order valence-electron chi connectivity index (χ1n) is 7.43. The Morgan fingerprint density at radius 3 is 2.55 bits per heavy atom. The maximum Gasteiger partial charge on any atom is 0.246 e. The van der Waals surface area contributed by atoms with Crippen molar-refractivity contribution >= 4 is 11.6 Å². The van der Waals surface area contributed by atoms with Gasteiger partial charge in [-0.3, -0.25) is 14.6 Å². The molecule has 0 N–H and O–H groups in total. The predicted octanol–water partition coefficient (Wildman–Crippen LogP) is 2.23. The highest BCUT2D eigenvalue weighted by atomic mass is 16.5. The fraction of sp³-hybridized carbons (Fsp3) is 0.278. The molecule has 2 heterocycles. The number of carbonyl (C=O) groups is 1. The Hall–Kier alpha value is -2.33. The number of fused-ring (bicyclic) bond motifs is 4. The minimum absolute atomic E-state index is 0.104. The molecule has 2 aromatic rings. The molecule has 4 rings (SSSR count). The number of benzene rings is 2. The van der Waals surface area contributed by atoms with E-state index in [4.69, 9.17) is 4.74 Å². The summed E-state index contributed by atoms with van der Waals surface area (Å²) in [4.78, 5) is 17.2. The summed E-state index contributed by atoms with van der Waals surface area (Å²) in [6.45, 7) is 0.950. The molecule has 0 saturated heterocycles. The zero-order valence-corrected chi connectivity index (χ0v) is 12.7. The smallest absolute Gasteiger partial charge is 0.246 e. The molecule has 22 heavy (non-hydrogen) atoms. The lowest BCUT2D eigenvalue weighted by atomic mass is 9.77. The molecule has 112 valence electrons. The van der Waals surface area contributed by atoms with E-state index in [0.29, 0.717) is 13.3 Å². The van der Waals surface area contributed by atoms with Gasteiger partial charge in [0, 0.05) is 11.3 Å². The first-order valence-corrected chi connectivity index (χ1v) is 7.43. The van der Waals surface area contributed by atoms with Crippen LogP contribution in [-0.4, -0.2) is 38.2 Å². The van der Waals surface area contributed by atoms with Crippen molar-refractivity contribution in [1.82, 2.24) is 4.90 Å². The Morgan fingerprint density at radius 1 is 1.09 bits per heavy atom. The summed E-state index contributed by atoms with van der Waals surface area (Å²) in [5, 5.41) is 0. The van der Waals surface area contributed by atoms with Gasteiger partial charge in [0.05, 0.1) is 6.67 Å². The summed E-state index contributed by atoms with van der Waals surface area (Å²) < 4.78 is 5.86. The lowest BCUT2D eigenvalue weighted by Crippen LogP contribution is -2.45. The minimum Gasteiger partial charge on any atom is -0.491 e. The highest BCUT2D eigenvalue weighted by molar-refractivity contribution is 6.11. The van der Waals surface area contributed by atoms with Crippen molar-refractivity contribution in [3.8, 4) is 5.75 Å². The SMILES string of the molecule is CN(C)CN1C(=O)C2(COc3ccccc32)c2ccccc21. The molecule has 1 spiro atoms. The van der Waals surface area contributed by atoms with Crippen LogP contribution in [0.4, 0.5) is 5.69 Å². The van der Waals surface area contributed by atoms with Gasteiger partial charge in [0.15, 0.2) is 0 Å². The van der Waals surface area contributed by atoms with Gasteiger partial charge in [-0.25, -0.2) is 0 Å². The minimum atomic E-state index is -0.691. The van der Waals surface area contributed by atoms with Crippen molar-refractivity contribution in [2.75, 3.05) is 32.3 Å². The summed E-state index contributed by atoms with van der Waals surface area (Å²) in [7, 11) is 3.94. The lowest BCUT2D eigenvalue weighted by molar-refractivity contribution is -0.122. The number of nitrogens with zero attached hydrogens (tertiary/aromatic N) is 2. The van der Waals surface area contributed by atoms with Gasteiger partial charge in [-0.2, -0.15) is 0 Å². The fourth-order valence-electron chi connectivity index (χ4n) is 3.56. The van der Waals surface area contributed by atoms with Crippen LogP contribution in [0.3, 0.4) is 0 Å². The Balaban J connectivity index is 1.94. The van der Waals surface area contributed by atoms with Crippen LogP contribution < -0.4 is 9.64 Å². The number of anilines is 1. The molecule has 0 aromatic heterocycles. The maximum atomic E-state index is 13.3. The highest BCUT2D eigenvalue weighted by Gasteiger charge is 2.56. The Labute approximate surface area is 129 Å². The van der Waals surface area contributed by atoms with Crippen LogP contribution in [-0.2, 0) is 10.2 Å². The highest BCUT2D eigenvalue weighted by Crippen LogP contribution is 2.51. The van der Waals surface area contributed by atoms with Crippen molar-refractivity contribution in [3.63, 3.8) is 0 Å². The van der Waals surface area contributed by atoms with Crippen molar-refractivity contribution in [1.29, 1.82) is 0 Å². The van der Waals surface area contributed by atoms with Gasteiger partial charge in [-0.05, 0) is 31.8 Å². The van der Waals surface area contributed by atoms with Gasteiger partial charge in [-0.1, -0.05) is 36.4 Å². The van der Waals surface area contributed by atoms with E-state index in [9.17, 15) is 4.79 Å². The van der Waals surface area contributed by atoms with Crippen LogP contribution >= 0.6 is 0 Å². The number of carbonyl (C=O) groups excluding carboxylic acids is 1. The summed E-state index contributed by atoms with van der Waals surface area (Å²) >= 11 is 0. The van der Waals surface area contributed by atoms with Crippen molar-refractivity contribution in [2.24, 2.45) is 0 Å². The normalized spacial score (nSPS) is 22.1. The average Bonchev–Trinajstić information content (AvgIpc) is 3.02. The van der Waals surface area contributed by atoms with E-state index in [1.54, 1.807) is 0 Å². The fourth-order valence-corrected chi connectivity index (χ4v) is 3.56. The number of hydrogen-bond donors (Lipinski definition) is 0. The van der Waals surface area contributed by atoms with E-state index >= 15 is 0 Å². The average molecular weight is 294 g/mol. The molecular weight excluding hydrogens is 276 g/mol. The van der Waals surface area contributed by atoms with Gasteiger partial charge in [0.25, 0.3) is 0 Å². The van der Waals surface area contributed by atoms with Gasteiger partial charge >= 0.3 is 0 Å². The second kappa shape index (κ2) is 4.58. The largest absolute Gasteiger partial charge is 0.491 e. The summed E-state index contributed by atoms with van der Waals surface area (Å²) in [6, 6.07) is 15.9. The number of para-hydroxylation sites is 2. The van der Waals surface area contributed by atoms with E-state index in [0.717, 1.165) is 22.6 Å². The second-order valence-electron chi connectivity index (χ2n) is 6.16. The predicted molar refractivity (Wildman–Crippen MR) is 85.2 cm³/mol. The molecular formula is C18H18N2O2.